The van der Waals surface area contributed by atoms with Gasteiger partial charge in [0.25, 0.3) is 0 Å². The van der Waals surface area contributed by atoms with E-state index >= 15 is 24.0 Å². The highest BCUT2D eigenvalue weighted by atomic mass is 35.5. The molecule has 132 heavy (non-hydrogen) atoms. The van der Waals surface area contributed by atoms with Crippen molar-refractivity contribution in [1.29, 1.82) is 0 Å². The number of allylic oxidation sites excluding steroid dienone is 2. The number of rotatable bonds is 19. The van der Waals surface area contributed by atoms with Crippen molar-refractivity contribution < 1.29 is 162 Å². The fourth-order valence-corrected chi connectivity index (χ4v) is 16.7. The van der Waals surface area contributed by atoms with Crippen LogP contribution in [-0.2, 0) is 68.5 Å². The van der Waals surface area contributed by atoms with Gasteiger partial charge in [-0.3, -0.25) is 38.4 Å². The number of aromatic hydroxyl groups is 4. The molecule has 8 amide bonds. The molecule has 704 valence electrons. The van der Waals surface area contributed by atoms with Crippen LogP contribution in [0.15, 0.2) is 127 Å². The van der Waals surface area contributed by atoms with E-state index in [9.17, 15) is 95.8 Å². The van der Waals surface area contributed by atoms with E-state index in [-0.39, 0.29) is 46.2 Å². The number of aliphatic carboxylic acids is 1. The molecule has 16 rings (SSSR count). The van der Waals surface area contributed by atoms with Gasteiger partial charge in [0.2, 0.25) is 65.6 Å². The lowest BCUT2D eigenvalue weighted by molar-refractivity contribution is -0.284. The van der Waals surface area contributed by atoms with Gasteiger partial charge < -0.3 is 167 Å². The van der Waals surface area contributed by atoms with Gasteiger partial charge in [-0.2, -0.15) is 0 Å². The van der Waals surface area contributed by atoms with Crippen LogP contribution >= 0.6 is 23.2 Å². The predicted molar refractivity (Wildman–Crippen MR) is 453 cm³/mol. The standard InChI is InChI=1S/C88H95Cl2N9O33/c1-3-4-5-6-7-8-9-10-60(108)94-68-74(113)71(110)58(32-101)129-87(68)132-78-55-26-40-27-56(78)126-52-18-14-38(24-47(52)90)77(131-86-67(92-34(2)103)73(112)70(109)57(31-100)128-86)69-84(121)98-66(85(122)123)45-29-42(105)30-54(127-88-76(115)75(114)72(111)59(33-102)130-88)61(45)44-23-37(13-15-49(44)106)63(81(118)99-69)96-83(120)65(40)97-82(119)64-39-21-41(104)28-43(22-39)124-53-25-36(12-16-50(53)107)62(91)80(117)93-48(79(116)95-64)20-35-11-17-51(125-55)46(89)19-35/h7-8,11-19,21-30,48,57-59,62-77,86-88,100-102,104-107,109-115H,3-6,9-10,20,31-33,91H2,1-2H3,(H,92,103)(H,93,117)(H,94,108)(H,95,116)(H,96,120)(H,97,119)(H,98,121)(H,99,118)(H,122,123)/b8-7-/t48-,57+,58+,59+,62+,63+,64+,65+,66-,67+,68+,69-,70+,71+,72+,73+,74+,75-,76-,77+,86-,87-,88-/m0/s1. The number of ether oxygens (including phenoxy) is 9. The maximum Gasteiger partial charge on any atom is 0.330 e. The van der Waals surface area contributed by atoms with E-state index in [0.29, 0.717) is 6.42 Å². The number of fused-ring (bicyclic) bond motifs is 14. The molecule has 42 nitrogen and oxygen atoms in total. The van der Waals surface area contributed by atoms with Gasteiger partial charge in [0.15, 0.2) is 35.3 Å². The quantitative estimate of drug-likeness (QED) is 0.0396. The second-order valence-electron chi connectivity index (χ2n) is 32.3. The number of carbonyl (C=O) groups is 9. The van der Waals surface area contributed by atoms with Crippen molar-refractivity contribution in [3.05, 3.63) is 176 Å². The van der Waals surface area contributed by atoms with E-state index in [1.807, 2.05) is 13.0 Å². The monoisotopic (exact) mass is 1880 g/mol. The third kappa shape index (κ3) is 20.6. The first-order valence-corrected chi connectivity index (χ1v) is 42.5. The van der Waals surface area contributed by atoms with Crippen LogP contribution in [0.2, 0.25) is 10.0 Å². The van der Waals surface area contributed by atoms with Crippen LogP contribution in [0.3, 0.4) is 0 Å². The maximum absolute atomic E-state index is 17.0. The van der Waals surface area contributed by atoms with Gasteiger partial charge in [0.1, 0.15) is 156 Å². The normalized spacial score (nSPS) is 28.9. The molecule has 17 bridgehead atoms. The molecular weight excluding hydrogens is 1780 g/mol. The highest BCUT2D eigenvalue weighted by molar-refractivity contribution is 6.32. The summed E-state index contributed by atoms with van der Waals surface area (Å²) < 4.78 is 57.4. The lowest BCUT2D eigenvalue weighted by Gasteiger charge is -2.44. The first kappa shape index (κ1) is 95.8. The minimum absolute atomic E-state index is 0.0251. The van der Waals surface area contributed by atoms with Crippen LogP contribution in [0, 0.1) is 0 Å². The molecule has 3 fully saturated rings. The van der Waals surface area contributed by atoms with Crippen molar-refractivity contribution in [3.63, 3.8) is 0 Å². The number of unbranched alkanes of at least 4 members (excludes halogenated alkanes) is 3. The van der Waals surface area contributed by atoms with E-state index in [0.717, 1.165) is 111 Å². The number of aliphatic hydroxyl groups is 10. The zero-order chi connectivity index (χ0) is 94.7. The minimum atomic E-state index is -2.59. The zero-order valence-electron chi connectivity index (χ0n) is 69.9. The van der Waals surface area contributed by atoms with Crippen molar-refractivity contribution in [2.45, 2.75) is 199 Å². The number of aliphatic hydroxyl groups excluding tert-OH is 10. The highest BCUT2D eigenvalue weighted by Crippen LogP contribution is 2.51. The van der Waals surface area contributed by atoms with Crippen molar-refractivity contribution in [2.24, 2.45) is 5.73 Å². The summed E-state index contributed by atoms with van der Waals surface area (Å²) in [6.07, 6.45) is -22.2. The summed E-state index contributed by atoms with van der Waals surface area (Å²) in [5.41, 5.74) is 2.76. The molecule has 0 unspecified atom stereocenters. The molecule has 9 aliphatic rings. The van der Waals surface area contributed by atoms with Gasteiger partial charge in [0.05, 0.1) is 29.9 Å². The predicted octanol–water partition coefficient (Wildman–Crippen LogP) is 0.940. The Balaban J connectivity index is 1.04. The Hall–Kier alpha value is -12.3. The van der Waals surface area contributed by atoms with Crippen LogP contribution in [-0.4, -0.2) is 254 Å². The molecule has 3 saturated heterocycles. The lowest BCUT2D eigenvalue weighted by Crippen LogP contribution is -2.65. The van der Waals surface area contributed by atoms with Crippen molar-refractivity contribution in [2.75, 3.05) is 19.8 Å². The van der Waals surface area contributed by atoms with E-state index in [1.54, 1.807) is 6.08 Å². The van der Waals surface area contributed by atoms with Gasteiger partial charge in [-0.1, -0.05) is 79.4 Å². The maximum atomic E-state index is 17.0. The van der Waals surface area contributed by atoms with Gasteiger partial charge in [-0.05, 0) is 132 Å². The number of halogens is 2. The number of carboxylic acids is 1. The van der Waals surface area contributed by atoms with Crippen LogP contribution in [0.25, 0.3) is 11.1 Å². The van der Waals surface area contributed by atoms with E-state index < -0.39 is 316 Å². The number of nitrogens with one attached hydrogen (secondary N) is 8. The molecule has 0 saturated carbocycles. The molecule has 25 N–H and O–H groups in total. The Kier molecular flexibility index (Phi) is 29.6. The summed E-state index contributed by atoms with van der Waals surface area (Å²) in [6.45, 7) is -0.149. The largest absolute Gasteiger partial charge is 0.508 e. The molecule has 44 heteroatoms. The number of hydrogen-bond donors (Lipinski definition) is 24. The van der Waals surface area contributed by atoms with Gasteiger partial charge in [-0.15, -0.1) is 0 Å². The number of phenolic OH excluding ortho intramolecular Hbond substituents is 4. The van der Waals surface area contributed by atoms with Crippen LogP contribution in [0.5, 0.6) is 69.0 Å². The molecule has 0 aliphatic carbocycles. The molecule has 9 heterocycles. The molecule has 0 radical (unpaired) electrons. The van der Waals surface area contributed by atoms with Gasteiger partial charge >= 0.3 is 5.97 Å². The Labute approximate surface area is 759 Å². The SMILES string of the molecule is CCCCC/C=C\CCC(=O)N[C@H]1[C@H](Oc2c3cc4cc2Oc2ccc(cc2Cl)[C@@H](O[C@@H]2O[C@H](CO)[C@@H](O)[C@H](O)[C@H]2NC(C)=O)[C@@H]2NC(=O)[C@H](NC(=O)[C@@H]4NC(=O)[C@@H]4NC(=O)[C@H](Cc5ccc(c(Cl)c5)O3)NC(=O)[C@H](N)c3ccc(O)c(c3)Oc3cc(O)cc4c3)c3ccc(O)c(c3)-c3c(O[C@H]4O[C@H](CO)[C@@H](O)[C@H](O)[C@@H]4O)cc(O)cc3[C@@H](C(=O)O)NC2=O)O[C@H](CO)[C@@H](O)[C@@H]1O. The molecule has 7 aromatic rings. The third-order valence-corrected chi connectivity index (χ3v) is 23.7. The van der Waals surface area contributed by atoms with Crippen LogP contribution < -0.4 is 72.0 Å². The minimum Gasteiger partial charge on any atom is -0.508 e. The van der Waals surface area contributed by atoms with Crippen molar-refractivity contribution in [1.82, 2.24) is 42.5 Å². The number of amides is 8. The first-order chi connectivity index (χ1) is 63.0. The van der Waals surface area contributed by atoms with Crippen molar-refractivity contribution >= 4 is 76.4 Å². The summed E-state index contributed by atoms with van der Waals surface area (Å²) in [5, 5.41) is 190. The molecule has 0 aromatic heterocycles. The molecular formula is C88H95Cl2N9O33. The number of nitrogens with two attached hydrogens (primary N) is 1. The average Bonchev–Trinajstić information content (AvgIpc) is 0.757. The molecule has 23 atom stereocenters. The third-order valence-electron chi connectivity index (χ3n) is 23.1. The zero-order valence-corrected chi connectivity index (χ0v) is 71.4. The second-order valence-corrected chi connectivity index (χ2v) is 33.2. The Bertz CT molecular complexity index is 5600. The summed E-state index contributed by atoms with van der Waals surface area (Å²) >= 11 is 14.7. The van der Waals surface area contributed by atoms with E-state index in [4.69, 9.17) is 71.6 Å². The molecule has 9 aliphatic heterocycles. The number of hydrogen-bond acceptors (Lipinski definition) is 33. The first-order valence-electron chi connectivity index (χ1n) is 41.7. The summed E-state index contributed by atoms with van der Waals surface area (Å²) in [4.78, 5) is 138. The number of carboxylic acid groups (broad SMARTS) is 1. The Morgan fingerprint density at radius 1 is 0.508 bits per heavy atom. The Morgan fingerprint density at radius 2 is 1.07 bits per heavy atom. The van der Waals surface area contributed by atoms with Gasteiger partial charge in [0, 0.05) is 48.6 Å². The highest BCUT2D eigenvalue weighted by Gasteiger charge is 2.52. The summed E-state index contributed by atoms with van der Waals surface area (Å²) in [7, 11) is 0. The number of carbonyl (C=O) groups excluding carboxylic acids is 8. The number of phenols is 4. The Morgan fingerprint density at radius 3 is 1.70 bits per heavy atom. The number of benzene rings is 7. The lowest BCUT2D eigenvalue weighted by atomic mass is 9.89. The summed E-state index contributed by atoms with van der Waals surface area (Å²) in [5.74, 6) is -19.7. The topological polar surface area (TPSA) is 662 Å². The molecule has 7 aromatic carbocycles. The van der Waals surface area contributed by atoms with Crippen molar-refractivity contribution in [3.8, 4) is 80.1 Å². The summed E-state index contributed by atoms with van der Waals surface area (Å²) in [6, 6.07) is 0.558. The fraction of sp³-hybridized carbons (Fsp3) is 0.398. The second kappa shape index (κ2) is 40.8. The molecule has 0 spiro atoms. The van der Waals surface area contributed by atoms with Gasteiger partial charge in [-0.25, -0.2) is 4.79 Å². The van der Waals surface area contributed by atoms with E-state index in [1.165, 1.54) is 30.3 Å². The van der Waals surface area contributed by atoms with Crippen LogP contribution in [0.4, 0.5) is 0 Å². The smallest absolute Gasteiger partial charge is 0.330 e. The fourth-order valence-electron chi connectivity index (χ4n) is 16.2. The van der Waals surface area contributed by atoms with E-state index in [2.05, 4.69) is 42.5 Å². The van der Waals surface area contributed by atoms with Crippen LogP contribution in [0.1, 0.15) is 128 Å². The average molecular weight is 1880 g/mol.